The number of pyridine rings is 2. The predicted molar refractivity (Wildman–Crippen MR) is 129 cm³/mol. The maximum atomic E-state index is 13.3. The zero-order valence-corrected chi connectivity index (χ0v) is 19.8. The molecule has 1 N–H and O–H groups in total. The fraction of sp³-hybridized carbons (Fsp3) is 0.280. The van der Waals surface area contributed by atoms with Gasteiger partial charge in [-0.3, -0.25) is 19.0 Å². The van der Waals surface area contributed by atoms with Crippen molar-refractivity contribution in [2.45, 2.75) is 46.4 Å². The summed E-state index contributed by atoms with van der Waals surface area (Å²) in [6, 6.07) is 10.3. The summed E-state index contributed by atoms with van der Waals surface area (Å²) in [4.78, 5) is 43.1. The Kier molecular flexibility index (Phi) is 7.03. The molecular formula is C25H26ClN3O4. The minimum absolute atomic E-state index is 0.101. The summed E-state index contributed by atoms with van der Waals surface area (Å²) in [6.45, 7) is 10.8. The smallest absolute Gasteiger partial charge is 0.326 e. The lowest BCUT2D eigenvalue weighted by molar-refractivity contribution is -0.155. The third-order valence-corrected chi connectivity index (χ3v) is 5.02. The number of nitrogens with one attached hydrogen (secondary N) is 1. The lowest BCUT2D eigenvalue weighted by Gasteiger charge is -2.20. The highest BCUT2D eigenvalue weighted by Gasteiger charge is 2.22. The standard InChI is InChI=1S/C25H26ClN3O4/c1-15(2)18-10-11-27-22-19(18)12-20(23(31)28-13-16-6-8-17(26)9-7-16)24(32)29(22)14-21(30)33-25(3,4)5/h6-12H,1,13-14H2,2-5H3,(H,28,31). The highest BCUT2D eigenvalue weighted by molar-refractivity contribution is 6.30. The van der Waals surface area contributed by atoms with Gasteiger partial charge in [0.2, 0.25) is 0 Å². The van der Waals surface area contributed by atoms with Crippen LogP contribution in [0.15, 0.2) is 54.0 Å². The zero-order chi connectivity index (χ0) is 24.3. The predicted octanol–water partition coefficient (Wildman–Crippen LogP) is 4.35. The number of carbonyl (C=O) groups excluding carboxylic acids is 2. The second-order valence-corrected chi connectivity index (χ2v) is 9.16. The summed E-state index contributed by atoms with van der Waals surface area (Å²) < 4.78 is 6.56. The second-order valence-electron chi connectivity index (χ2n) is 8.72. The third-order valence-electron chi connectivity index (χ3n) is 4.77. The summed E-state index contributed by atoms with van der Waals surface area (Å²) in [7, 11) is 0. The topological polar surface area (TPSA) is 90.3 Å². The third kappa shape index (κ3) is 5.87. The van der Waals surface area contributed by atoms with E-state index in [0.717, 1.165) is 16.7 Å². The van der Waals surface area contributed by atoms with E-state index >= 15 is 0 Å². The molecule has 33 heavy (non-hydrogen) atoms. The molecule has 0 aliphatic carbocycles. The molecular weight excluding hydrogens is 442 g/mol. The van der Waals surface area contributed by atoms with E-state index in [1.54, 1.807) is 51.1 Å². The molecule has 0 atom stereocenters. The number of hydrogen-bond acceptors (Lipinski definition) is 5. The number of rotatable bonds is 6. The number of amides is 1. The molecule has 8 heteroatoms. The van der Waals surface area contributed by atoms with Gasteiger partial charge in [-0.2, -0.15) is 0 Å². The first-order valence-electron chi connectivity index (χ1n) is 10.4. The number of hydrogen-bond donors (Lipinski definition) is 1. The summed E-state index contributed by atoms with van der Waals surface area (Å²) in [5.74, 6) is -1.17. The van der Waals surface area contributed by atoms with E-state index in [1.807, 2.05) is 6.92 Å². The summed E-state index contributed by atoms with van der Waals surface area (Å²) in [6.07, 6.45) is 1.54. The molecule has 0 bridgehead atoms. The van der Waals surface area contributed by atoms with Crippen LogP contribution in [0.4, 0.5) is 0 Å². The van der Waals surface area contributed by atoms with Crippen molar-refractivity contribution in [2.75, 3.05) is 0 Å². The summed E-state index contributed by atoms with van der Waals surface area (Å²) in [5.41, 5.74) is 1.11. The highest BCUT2D eigenvalue weighted by Crippen LogP contribution is 2.23. The Morgan fingerprint density at radius 3 is 2.42 bits per heavy atom. The van der Waals surface area contributed by atoms with Crippen LogP contribution >= 0.6 is 11.6 Å². The molecule has 0 aliphatic rings. The van der Waals surface area contributed by atoms with Crippen LogP contribution < -0.4 is 10.9 Å². The van der Waals surface area contributed by atoms with Crippen molar-refractivity contribution in [2.24, 2.45) is 0 Å². The molecule has 7 nitrogen and oxygen atoms in total. The van der Waals surface area contributed by atoms with Crippen LogP contribution in [0.3, 0.4) is 0 Å². The van der Waals surface area contributed by atoms with Gasteiger partial charge in [-0.05, 0) is 63.1 Å². The van der Waals surface area contributed by atoms with Crippen LogP contribution in [0.5, 0.6) is 0 Å². The minimum Gasteiger partial charge on any atom is -0.459 e. The molecule has 2 heterocycles. The lowest BCUT2D eigenvalue weighted by atomic mass is 10.0. The van der Waals surface area contributed by atoms with Crippen LogP contribution in [-0.4, -0.2) is 27.0 Å². The van der Waals surface area contributed by atoms with Crippen molar-refractivity contribution in [1.29, 1.82) is 0 Å². The fourth-order valence-corrected chi connectivity index (χ4v) is 3.46. The van der Waals surface area contributed by atoms with Crippen LogP contribution in [-0.2, 0) is 22.6 Å². The molecule has 0 spiro atoms. The van der Waals surface area contributed by atoms with Crippen LogP contribution in [0.1, 0.15) is 49.2 Å². The van der Waals surface area contributed by atoms with Crippen LogP contribution in [0, 0.1) is 0 Å². The van der Waals surface area contributed by atoms with Gasteiger partial charge < -0.3 is 10.1 Å². The maximum absolute atomic E-state index is 13.3. The van der Waals surface area contributed by atoms with Crippen molar-refractivity contribution >= 4 is 40.1 Å². The van der Waals surface area contributed by atoms with Gasteiger partial charge >= 0.3 is 5.97 Å². The molecule has 2 aromatic heterocycles. The minimum atomic E-state index is -0.722. The molecule has 0 aliphatic heterocycles. The molecule has 1 aromatic carbocycles. The molecule has 3 rings (SSSR count). The molecule has 172 valence electrons. The molecule has 0 fully saturated rings. The van der Waals surface area contributed by atoms with Gasteiger partial charge in [-0.15, -0.1) is 0 Å². The van der Waals surface area contributed by atoms with Gasteiger partial charge in [0.1, 0.15) is 23.4 Å². The van der Waals surface area contributed by atoms with Gasteiger partial charge in [-0.25, -0.2) is 4.98 Å². The number of ether oxygens (including phenoxy) is 1. The first kappa shape index (κ1) is 24.2. The van der Waals surface area contributed by atoms with E-state index in [4.69, 9.17) is 16.3 Å². The Labute approximate surface area is 197 Å². The summed E-state index contributed by atoms with van der Waals surface area (Å²) >= 11 is 5.90. The summed E-state index contributed by atoms with van der Waals surface area (Å²) in [5, 5.41) is 3.89. The van der Waals surface area contributed by atoms with Gasteiger partial charge in [0, 0.05) is 23.2 Å². The van der Waals surface area contributed by atoms with Crippen LogP contribution in [0.2, 0.25) is 5.02 Å². The number of nitrogens with zero attached hydrogens (tertiary/aromatic N) is 2. The van der Waals surface area contributed by atoms with Crippen molar-refractivity contribution in [3.05, 3.63) is 81.2 Å². The van der Waals surface area contributed by atoms with Crippen molar-refractivity contribution in [1.82, 2.24) is 14.9 Å². The molecule has 0 radical (unpaired) electrons. The van der Waals surface area contributed by atoms with Gasteiger partial charge in [0.25, 0.3) is 11.5 Å². The molecule has 3 aromatic rings. The maximum Gasteiger partial charge on any atom is 0.326 e. The number of aromatic nitrogens is 2. The number of allylic oxidation sites excluding steroid dienone is 1. The Morgan fingerprint density at radius 2 is 1.82 bits per heavy atom. The zero-order valence-electron chi connectivity index (χ0n) is 19.1. The number of esters is 1. The Balaban J connectivity index is 2.05. The van der Waals surface area contributed by atoms with Crippen molar-refractivity contribution in [3.8, 4) is 0 Å². The van der Waals surface area contributed by atoms with Gasteiger partial charge in [-0.1, -0.05) is 35.9 Å². The van der Waals surface area contributed by atoms with E-state index in [-0.39, 0.29) is 24.3 Å². The number of fused-ring (bicyclic) bond motifs is 1. The molecule has 0 saturated carbocycles. The van der Waals surface area contributed by atoms with Crippen molar-refractivity contribution in [3.63, 3.8) is 0 Å². The molecule has 0 unspecified atom stereocenters. The van der Waals surface area contributed by atoms with E-state index < -0.39 is 23.0 Å². The monoisotopic (exact) mass is 467 g/mol. The van der Waals surface area contributed by atoms with E-state index in [1.165, 1.54) is 16.8 Å². The fourth-order valence-electron chi connectivity index (χ4n) is 3.33. The Hall–Kier alpha value is -3.45. The first-order valence-corrected chi connectivity index (χ1v) is 10.8. The van der Waals surface area contributed by atoms with E-state index in [2.05, 4.69) is 16.9 Å². The van der Waals surface area contributed by atoms with Crippen molar-refractivity contribution < 1.29 is 14.3 Å². The largest absolute Gasteiger partial charge is 0.459 e. The van der Waals surface area contributed by atoms with Crippen LogP contribution in [0.25, 0.3) is 16.6 Å². The molecule has 0 saturated heterocycles. The molecule has 1 amide bonds. The SMILES string of the molecule is C=C(C)c1ccnc2c1cc(C(=O)NCc1ccc(Cl)cc1)c(=O)n2CC(=O)OC(C)(C)C. The van der Waals surface area contributed by atoms with E-state index in [9.17, 15) is 14.4 Å². The van der Waals surface area contributed by atoms with E-state index in [0.29, 0.717) is 10.4 Å². The highest BCUT2D eigenvalue weighted by atomic mass is 35.5. The average Bonchev–Trinajstić information content (AvgIpc) is 2.73. The quantitative estimate of drug-likeness (QED) is 0.544. The second kappa shape index (κ2) is 9.58. The average molecular weight is 468 g/mol. The number of benzene rings is 1. The number of carbonyl (C=O) groups is 2. The lowest BCUT2D eigenvalue weighted by Crippen LogP contribution is -2.36. The first-order chi connectivity index (χ1) is 15.5. The Bertz CT molecular complexity index is 1290. The normalized spacial score (nSPS) is 11.3. The van der Waals surface area contributed by atoms with Gasteiger partial charge in [0.15, 0.2) is 0 Å². The number of halogens is 1. The Morgan fingerprint density at radius 1 is 1.15 bits per heavy atom. The van der Waals surface area contributed by atoms with Gasteiger partial charge in [0.05, 0.1) is 0 Å².